The Morgan fingerprint density at radius 3 is 2.43 bits per heavy atom. The lowest BCUT2D eigenvalue weighted by Crippen LogP contribution is -2.40. The third-order valence-corrected chi connectivity index (χ3v) is 4.62. The number of carbonyl (C=O) groups is 1. The van der Waals surface area contributed by atoms with Crippen LogP contribution in [0.25, 0.3) is 0 Å². The van der Waals surface area contributed by atoms with Crippen LogP contribution in [0.1, 0.15) is 26.2 Å². The number of ether oxygens (including phenoxy) is 2. The molecule has 23 heavy (non-hydrogen) atoms. The highest BCUT2D eigenvalue weighted by atomic mass is 32.2. The fourth-order valence-corrected chi connectivity index (χ4v) is 3.08. The fraction of sp³-hybridized carbons (Fsp3) is 0.533. The van der Waals surface area contributed by atoms with Crippen molar-refractivity contribution in [3.8, 4) is 5.75 Å². The predicted molar refractivity (Wildman–Crippen MR) is 85.1 cm³/mol. The number of carboxylic acid groups (broad SMARTS) is 1. The second kappa shape index (κ2) is 9.49. The molecule has 2 N–H and O–H groups in total. The minimum Gasteiger partial charge on any atom is -0.491 e. The van der Waals surface area contributed by atoms with E-state index in [-0.39, 0.29) is 11.3 Å². The summed E-state index contributed by atoms with van der Waals surface area (Å²) in [6.45, 7) is 2.70. The van der Waals surface area contributed by atoms with Gasteiger partial charge < -0.3 is 14.6 Å². The van der Waals surface area contributed by atoms with Crippen molar-refractivity contribution in [2.75, 3.05) is 20.3 Å². The summed E-state index contributed by atoms with van der Waals surface area (Å²) >= 11 is 0. The Hall–Kier alpha value is -1.64. The van der Waals surface area contributed by atoms with Gasteiger partial charge in [0.15, 0.2) is 0 Å². The molecule has 1 aromatic rings. The first kappa shape index (κ1) is 19.4. The number of benzene rings is 1. The van der Waals surface area contributed by atoms with Crippen molar-refractivity contribution in [3.63, 3.8) is 0 Å². The zero-order valence-electron chi connectivity index (χ0n) is 13.3. The van der Waals surface area contributed by atoms with Crippen molar-refractivity contribution >= 4 is 16.0 Å². The first-order valence-corrected chi connectivity index (χ1v) is 8.86. The maximum absolute atomic E-state index is 12.2. The number of nitrogens with one attached hydrogen (secondary N) is 1. The van der Waals surface area contributed by atoms with Crippen molar-refractivity contribution < 1.29 is 27.8 Å². The van der Waals surface area contributed by atoms with Crippen LogP contribution >= 0.6 is 0 Å². The molecular formula is C15H23NO6S. The van der Waals surface area contributed by atoms with Gasteiger partial charge in [0.1, 0.15) is 18.4 Å². The summed E-state index contributed by atoms with van der Waals surface area (Å²) in [4.78, 5) is 11.2. The summed E-state index contributed by atoms with van der Waals surface area (Å²) < 4.78 is 36.9. The largest absolute Gasteiger partial charge is 0.491 e. The third kappa shape index (κ3) is 6.55. The number of hydrogen-bond donors (Lipinski definition) is 2. The molecule has 0 saturated heterocycles. The summed E-state index contributed by atoms with van der Waals surface area (Å²) in [5.74, 6) is -0.664. The topological polar surface area (TPSA) is 102 Å². The molecule has 0 spiro atoms. The molecule has 0 bridgehead atoms. The summed E-state index contributed by atoms with van der Waals surface area (Å²) in [6.07, 6.45) is 1.67. The van der Waals surface area contributed by atoms with Gasteiger partial charge >= 0.3 is 5.97 Å². The molecule has 1 rings (SSSR count). The average molecular weight is 345 g/mol. The zero-order valence-corrected chi connectivity index (χ0v) is 14.1. The van der Waals surface area contributed by atoms with E-state index in [1.165, 1.54) is 24.3 Å². The lowest BCUT2D eigenvalue weighted by atomic mass is 10.1. The van der Waals surface area contributed by atoms with Gasteiger partial charge in [0, 0.05) is 7.11 Å². The Morgan fingerprint density at radius 1 is 1.26 bits per heavy atom. The maximum atomic E-state index is 12.2. The Balaban J connectivity index is 2.76. The molecular weight excluding hydrogens is 322 g/mol. The van der Waals surface area contributed by atoms with E-state index in [0.717, 1.165) is 6.42 Å². The van der Waals surface area contributed by atoms with Crippen LogP contribution < -0.4 is 9.46 Å². The van der Waals surface area contributed by atoms with Crippen LogP contribution in [0, 0.1) is 0 Å². The molecule has 8 heteroatoms. The monoisotopic (exact) mass is 345 g/mol. The van der Waals surface area contributed by atoms with Crippen molar-refractivity contribution in [3.05, 3.63) is 24.3 Å². The Labute approximate surface area is 136 Å². The van der Waals surface area contributed by atoms with Crippen LogP contribution in [-0.4, -0.2) is 45.9 Å². The second-order valence-corrected chi connectivity index (χ2v) is 6.68. The standard InChI is InChI=1S/C15H23NO6S/c1-3-4-5-14(15(17)18)16-23(19,20)13-8-6-12(7-9-13)22-11-10-21-2/h6-9,14,16H,3-5,10-11H2,1-2H3,(H,17,18)/t14-/m0/s1. The molecule has 0 aliphatic rings. The van der Waals surface area contributed by atoms with Gasteiger partial charge in [-0.25, -0.2) is 8.42 Å². The quantitative estimate of drug-likeness (QED) is 0.591. The summed E-state index contributed by atoms with van der Waals surface area (Å²) in [5.41, 5.74) is 0. The maximum Gasteiger partial charge on any atom is 0.321 e. The van der Waals surface area contributed by atoms with E-state index < -0.39 is 22.0 Å². The highest BCUT2D eigenvalue weighted by molar-refractivity contribution is 7.89. The first-order chi connectivity index (χ1) is 10.9. The normalized spacial score (nSPS) is 12.8. The molecule has 0 amide bonds. The summed E-state index contributed by atoms with van der Waals surface area (Å²) in [5, 5.41) is 9.12. The van der Waals surface area contributed by atoms with Gasteiger partial charge in [-0.2, -0.15) is 4.72 Å². The highest BCUT2D eigenvalue weighted by Gasteiger charge is 2.24. The van der Waals surface area contributed by atoms with E-state index in [9.17, 15) is 13.2 Å². The Kier molecular flexibility index (Phi) is 8.01. The average Bonchev–Trinajstić information content (AvgIpc) is 2.52. The van der Waals surface area contributed by atoms with Crippen molar-refractivity contribution in [1.82, 2.24) is 4.72 Å². The molecule has 0 aromatic heterocycles. The Morgan fingerprint density at radius 2 is 1.91 bits per heavy atom. The van der Waals surface area contributed by atoms with Gasteiger partial charge in [0.05, 0.1) is 11.5 Å². The van der Waals surface area contributed by atoms with E-state index in [4.69, 9.17) is 14.6 Å². The number of aliphatic carboxylic acids is 1. The van der Waals surface area contributed by atoms with Crippen LogP contribution in [0.15, 0.2) is 29.2 Å². The van der Waals surface area contributed by atoms with E-state index >= 15 is 0 Å². The fourth-order valence-electron chi connectivity index (χ4n) is 1.85. The van der Waals surface area contributed by atoms with E-state index in [2.05, 4.69) is 4.72 Å². The first-order valence-electron chi connectivity index (χ1n) is 7.37. The smallest absolute Gasteiger partial charge is 0.321 e. The van der Waals surface area contributed by atoms with Gasteiger partial charge in [0.2, 0.25) is 10.0 Å². The summed E-state index contributed by atoms with van der Waals surface area (Å²) in [6, 6.07) is 4.67. The molecule has 1 aromatic carbocycles. The molecule has 0 aliphatic heterocycles. The van der Waals surface area contributed by atoms with Gasteiger partial charge in [-0.3, -0.25) is 4.79 Å². The van der Waals surface area contributed by atoms with E-state index in [1.54, 1.807) is 7.11 Å². The number of sulfonamides is 1. The molecule has 0 unspecified atom stereocenters. The molecule has 0 radical (unpaired) electrons. The lowest BCUT2D eigenvalue weighted by Gasteiger charge is -2.14. The number of carboxylic acids is 1. The van der Waals surface area contributed by atoms with Gasteiger partial charge in [0.25, 0.3) is 0 Å². The van der Waals surface area contributed by atoms with Gasteiger partial charge in [-0.1, -0.05) is 19.8 Å². The van der Waals surface area contributed by atoms with E-state index in [0.29, 0.717) is 25.4 Å². The number of rotatable bonds is 11. The SMILES string of the molecule is CCCC[C@H](NS(=O)(=O)c1ccc(OCCOC)cc1)C(=O)O. The van der Waals surface area contributed by atoms with Crippen LogP contribution in [0.5, 0.6) is 5.75 Å². The van der Waals surface area contributed by atoms with E-state index in [1.807, 2.05) is 6.92 Å². The van der Waals surface area contributed by atoms with Crippen molar-refractivity contribution in [2.45, 2.75) is 37.1 Å². The molecule has 0 aliphatic carbocycles. The minimum absolute atomic E-state index is 0.000611. The number of methoxy groups -OCH3 is 1. The third-order valence-electron chi connectivity index (χ3n) is 3.13. The molecule has 0 fully saturated rings. The van der Waals surface area contributed by atoms with Gasteiger partial charge in [-0.15, -0.1) is 0 Å². The predicted octanol–water partition coefficient (Wildman–Crippen LogP) is 1.63. The zero-order chi connectivity index (χ0) is 17.3. The Bertz CT molecular complexity index is 584. The lowest BCUT2D eigenvalue weighted by molar-refractivity contribution is -0.139. The minimum atomic E-state index is -3.89. The molecule has 0 saturated carbocycles. The second-order valence-electron chi connectivity index (χ2n) is 4.97. The van der Waals surface area contributed by atoms with Crippen LogP contribution in [-0.2, 0) is 19.6 Å². The molecule has 1 atom stereocenters. The van der Waals surface area contributed by atoms with Crippen LogP contribution in [0.2, 0.25) is 0 Å². The highest BCUT2D eigenvalue weighted by Crippen LogP contribution is 2.17. The molecule has 7 nitrogen and oxygen atoms in total. The molecule has 0 heterocycles. The van der Waals surface area contributed by atoms with Gasteiger partial charge in [-0.05, 0) is 30.7 Å². The number of unbranched alkanes of at least 4 members (excludes halogenated alkanes) is 1. The summed E-state index contributed by atoms with van der Waals surface area (Å²) in [7, 11) is -2.33. The van der Waals surface area contributed by atoms with Crippen molar-refractivity contribution in [1.29, 1.82) is 0 Å². The number of hydrogen-bond acceptors (Lipinski definition) is 5. The van der Waals surface area contributed by atoms with Crippen LogP contribution in [0.4, 0.5) is 0 Å². The van der Waals surface area contributed by atoms with Crippen LogP contribution in [0.3, 0.4) is 0 Å². The molecule has 130 valence electrons. The van der Waals surface area contributed by atoms with Crippen molar-refractivity contribution in [2.24, 2.45) is 0 Å².